The number of rotatable bonds is 6. The molecule has 0 radical (unpaired) electrons. The maximum Gasteiger partial charge on any atom is 0.396 e. The Morgan fingerprint density at radius 2 is 1.89 bits per heavy atom. The lowest BCUT2D eigenvalue weighted by Gasteiger charge is -2.51. The topological polar surface area (TPSA) is 76.8 Å². The van der Waals surface area contributed by atoms with Crippen LogP contribution in [0.1, 0.15) is 48.4 Å². The lowest BCUT2D eigenvalue weighted by Crippen LogP contribution is -2.58. The van der Waals surface area contributed by atoms with Crippen LogP contribution in [0, 0.1) is 23.1 Å². The third-order valence-corrected chi connectivity index (χ3v) is 7.82. The van der Waals surface area contributed by atoms with E-state index in [4.69, 9.17) is 13.9 Å². The lowest BCUT2D eigenvalue weighted by molar-refractivity contribution is -0.130. The van der Waals surface area contributed by atoms with Crippen molar-refractivity contribution in [3.63, 3.8) is 0 Å². The monoisotopic (exact) mass is 509 g/mol. The predicted octanol–water partition coefficient (Wildman–Crippen LogP) is 4.96. The van der Waals surface area contributed by atoms with Crippen LogP contribution in [0.25, 0.3) is 0 Å². The minimum Gasteiger partial charge on any atom is -0.487 e. The highest BCUT2D eigenvalue weighted by atomic mass is 19.4. The molecule has 4 aliphatic rings. The third kappa shape index (κ3) is 4.77. The number of carbonyl (C=O) groups is 1. The SMILES string of the molecule is O=C(Nc1ccc(OC2CC3C[C@H]3C2)c(F)c1)c1nc(N2CC3(CCOCC3)C2)oc1CC(F)(F)F. The quantitative estimate of drug-likeness (QED) is 0.555. The average Bonchev–Trinajstić information content (AvgIpc) is 3.20. The van der Waals surface area contributed by atoms with Gasteiger partial charge in [-0.15, -0.1) is 0 Å². The van der Waals surface area contributed by atoms with Gasteiger partial charge in [0.1, 0.15) is 12.2 Å². The Hall–Kier alpha value is -2.82. The Balaban J connectivity index is 1.15. The number of halogens is 4. The number of hydrogen-bond donors (Lipinski definition) is 1. The molecule has 2 aliphatic heterocycles. The summed E-state index contributed by atoms with van der Waals surface area (Å²) in [5.41, 5.74) is -0.326. The van der Waals surface area contributed by atoms with Crippen molar-refractivity contribution in [3.8, 4) is 5.75 Å². The summed E-state index contributed by atoms with van der Waals surface area (Å²) >= 11 is 0. The fourth-order valence-corrected chi connectivity index (χ4v) is 5.77. The van der Waals surface area contributed by atoms with E-state index in [1.807, 2.05) is 0 Å². The van der Waals surface area contributed by atoms with Crippen LogP contribution in [0.2, 0.25) is 0 Å². The number of anilines is 2. The van der Waals surface area contributed by atoms with Gasteiger partial charge in [-0.1, -0.05) is 0 Å². The summed E-state index contributed by atoms with van der Waals surface area (Å²) in [5, 5.41) is 2.45. The molecule has 4 fully saturated rings. The predicted molar refractivity (Wildman–Crippen MR) is 121 cm³/mol. The first-order chi connectivity index (χ1) is 17.2. The highest BCUT2D eigenvalue weighted by Gasteiger charge is 2.47. The van der Waals surface area contributed by atoms with E-state index in [0.29, 0.717) is 38.1 Å². The number of alkyl halides is 3. The van der Waals surface area contributed by atoms with E-state index in [9.17, 15) is 22.4 Å². The minimum atomic E-state index is -4.59. The van der Waals surface area contributed by atoms with Crippen molar-refractivity contribution in [2.75, 3.05) is 36.5 Å². The number of amides is 1. The summed E-state index contributed by atoms with van der Waals surface area (Å²) < 4.78 is 70.8. The standard InChI is InChI=1S/C25H27F4N3O4/c26-18-10-16(1-2-19(18)35-17-8-14-7-15(14)9-17)30-22(33)21-20(11-25(27,28)29)36-23(31-21)32-12-24(13-32)3-5-34-6-4-24/h1-2,10,14-15,17H,3-9,11-13H2,(H,30,33)/t14-,15?,17?/m0/s1. The zero-order chi connectivity index (χ0) is 25.1. The Bertz CT molecular complexity index is 1140. The van der Waals surface area contributed by atoms with Gasteiger partial charge in [-0.2, -0.15) is 18.2 Å². The van der Waals surface area contributed by atoms with E-state index in [1.54, 1.807) is 4.90 Å². The molecule has 2 aromatic rings. The largest absolute Gasteiger partial charge is 0.487 e. The van der Waals surface area contributed by atoms with E-state index in [-0.39, 0.29) is 29.0 Å². The van der Waals surface area contributed by atoms with Gasteiger partial charge in [0.25, 0.3) is 11.9 Å². The van der Waals surface area contributed by atoms with Crippen molar-refractivity contribution in [2.24, 2.45) is 17.3 Å². The van der Waals surface area contributed by atoms with Gasteiger partial charge >= 0.3 is 6.18 Å². The molecule has 2 saturated heterocycles. The molecule has 1 aromatic heterocycles. The van der Waals surface area contributed by atoms with Crippen LogP contribution in [-0.2, 0) is 11.2 Å². The number of aromatic nitrogens is 1. The van der Waals surface area contributed by atoms with Crippen LogP contribution in [0.4, 0.5) is 29.3 Å². The molecule has 1 aromatic carbocycles. The molecule has 6 rings (SSSR count). The summed E-state index contributed by atoms with van der Waals surface area (Å²) in [4.78, 5) is 18.7. The number of fused-ring (bicyclic) bond motifs is 1. The van der Waals surface area contributed by atoms with Crippen molar-refractivity contribution in [1.29, 1.82) is 0 Å². The summed E-state index contributed by atoms with van der Waals surface area (Å²) in [6, 6.07) is 3.96. The van der Waals surface area contributed by atoms with E-state index in [1.165, 1.54) is 18.6 Å². The smallest absolute Gasteiger partial charge is 0.396 e. The van der Waals surface area contributed by atoms with Gasteiger partial charge in [0.05, 0.1) is 6.10 Å². The van der Waals surface area contributed by atoms with Gasteiger partial charge in [-0.25, -0.2) is 4.39 Å². The van der Waals surface area contributed by atoms with Gasteiger partial charge in [0.15, 0.2) is 17.3 Å². The number of nitrogens with zero attached hydrogens (tertiary/aromatic N) is 2. The molecule has 3 heterocycles. The van der Waals surface area contributed by atoms with E-state index < -0.39 is 35.8 Å². The molecule has 1 spiro atoms. The number of hydrogen-bond acceptors (Lipinski definition) is 6. The first-order valence-corrected chi connectivity index (χ1v) is 12.3. The molecule has 1 N–H and O–H groups in total. The number of benzene rings is 1. The van der Waals surface area contributed by atoms with Crippen molar-refractivity contribution in [1.82, 2.24) is 4.98 Å². The highest BCUT2D eigenvalue weighted by molar-refractivity contribution is 6.03. The number of nitrogens with one attached hydrogen (secondary N) is 1. The first-order valence-electron chi connectivity index (χ1n) is 12.3. The zero-order valence-electron chi connectivity index (χ0n) is 19.6. The molecule has 194 valence electrons. The highest BCUT2D eigenvalue weighted by Crippen LogP contribution is 2.52. The van der Waals surface area contributed by atoms with Gasteiger partial charge in [-0.05, 0) is 56.1 Å². The van der Waals surface area contributed by atoms with E-state index in [0.717, 1.165) is 31.7 Å². The van der Waals surface area contributed by atoms with Crippen molar-refractivity contribution in [3.05, 3.63) is 35.5 Å². The Labute approximate surface area is 205 Å². The Kier molecular flexibility index (Phi) is 5.66. The first kappa shape index (κ1) is 23.6. The zero-order valence-corrected chi connectivity index (χ0v) is 19.6. The molecule has 2 unspecified atom stereocenters. The fraction of sp³-hybridized carbons (Fsp3) is 0.600. The average molecular weight is 510 g/mol. The third-order valence-electron chi connectivity index (χ3n) is 7.82. The summed E-state index contributed by atoms with van der Waals surface area (Å²) in [5.74, 6) is -0.632. The summed E-state index contributed by atoms with van der Waals surface area (Å²) in [6.07, 6.45) is -1.24. The van der Waals surface area contributed by atoms with Crippen molar-refractivity contribution < 1.29 is 36.2 Å². The second kappa shape index (κ2) is 8.64. The van der Waals surface area contributed by atoms with Gasteiger partial charge in [0, 0.05) is 43.5 Å². The molecule has 2 aliphatic carbocycles. The second-order valence-corrected chi connectivity index (χ2v) is 10.6. The molecule has 1 amide bonds. The fourth-order valence-electron chi connectivity index (χ4n) is 5.77. The molecule has 3 atom stereocenters. The van der Waals surface area contributed by atoms with Crippen LogP contribution in [0.15, 0.2) is 22.6 Å². The number of ether oxygens (including phenoxy) is 2. The minimum absolute atomic E-state index is 0.0102. The van der Waals surface area contributed by atoms with E-state index >= 15 is 0 Å². The number of carbonyl (C=O) groups excluding carboxylic acids is 1. The Morgan fingerprint density at radius 3 is 2.56 bits per heavy atom. The van der Waals surface area contributed by atoms with Gasteiger partial charge in [-0.3, -0.25) is 4.79 Å². The van der Waals surface area contributed by atoms with Crippen LogP contribution >= 0.6 is 0 Å². The maximum absolute atomic E-state index is 14.6. The normalized spacial score (nSPS) is 26.4. The van der Waals surface area contributed by atoms with Gasteiger partial charge in [0.2, 0.25) is 0 Å². The van der Waals surface area contributed by atoms with Crippen LogP contribution < -0.4 is 15.0 Å². The summed E-state index contributed by atoms with van der Waals surface area (Å²) in [6.45, 7) is 2.46. The summed E-state index contributed by atoms with van der Waals surface area (Å²) in [7, 11) is 0. The van der Waals surface area contributed by atoms with Crippen LogP contribution in [0.3, 0.4) is 0 Å². The van der Waals surface area contributed by atoms with Gasteiger partial charge < -0.3 is 24.1 Å². The molecule has 7 nitrogen and oxygen atoms in total. The molecule has 2 saturated carbocycles. The lowest BCUT2D eigenvalue weighted by atomic mass is 9.74. The molecular weight excluding hydrogens is 482 g/mol. The molecule has 0 bridgehead atoms. The maximum atomic E-state index is 14.6. The van der Waals surface area contributed by atoms with Crippen molar-refractivity contribution in [2.45, 2.75) is 50.8 Å². The Morgan fingerprint density at radius 1 is 1.17 bits per heavy atom. The number of oxazole rings is 1. The van der Waals surface area contributed by atoms with Crippen LogP contribution in [-0.4, -0.2) is 49.5 Å². The van der Waals surface area contributed by atoms with E-state index in [2.05, 4.69) is 10.3 Å². The second-order valence-electron chi connectivity index (χ2n) is 10.6. The van der Waals surface area contributed by atoms with Crippen molar-refractivity contribution >= 4 is 17.6 Å². The molecular formula is C25H27F4N3O4. The van der Waals surface area contributed by atoms with Crippen LogP contribution in [0.5, 0.6) is 5.75 Å². The molecule has 36 heavy (non-hydrogen) atoms. The molecule has 11 heteroatoms.